The standard InChI is InChI=1S/C14H22N2O2/c1-10(16-13(17)14(2,3)9-15)11-7-5-6-8-12(11)18-4/h5-8,10H,9,15H2,1-4H3,(H,16,17)/t10-/m1/s1. The number of hydrogen-bond donors (Lipinski definition) is 2. The molecule has 18 heavy (non-hydrogen) atoms. The van der Waals surface area contributed by atoms with Crippen LogP contribution in [-0.2, 0) is 4.79 Å². The molecule has 1 atom stereocenters. The van der Waals surface area contributed by atoms with Crippen LogP contribution in [0.5, 0.6) is 5.75 Å². The second-order valence-electron chi connectivity index (χ2n) is 5.03. The summed E-state index contributed by atoms with van der Waals surface area (Å²) < 4.78 is 5.28. The molecule has 1 aromatic carbocycles. The predicted octanol–water partition coefficient (Wildman–Crippen LogP) is 1.86. The molecule has 0 fully saturated rings. The van der Waals surface area contributed by atoms with Crippen molar-refractivity contribution in [1.82, 2.24) is 5.32 Å². The minimum atomic E-state index is -0.559. The van der Waals surface area contributed by atoms with Gasteiger partial charge in [-0.2, -0.15) is 0 Å². The van der Waals surface area contributed by atoms with Gasteiger partial charge in [-0.1, -0.05) is 18.2 Å². The Bertz CT molecular complexity index is 416. The lowest BCUT2D eigenvalue weighted by Gasteiger charge is -2.25. The van der Waals surface area contributed by atoms with Crippen LogP contribution in [0, 0.1) is 5.41 Å². The Hall–Kier alpha value is -1.55. The zero-order valence-electron chi connectivity index (χ0n) is 11.5. The molecular weight excluding hydrogens is 228 g/mol. The Labute approximate surface area is 109 Å². The van der Waals surface area contributed by atoms with Gasteiger partial charge in [0.25, 0.3) is 0 Å². The van der Waals surface area contributed by atoms with E-state index in [4.69, 9.17) is 10.5 Å². The number of carbonyl (C=O) groups excluding carboxylic acids is 1. The molecule has 0 aliphatic heterocycles. The van der Waals surface area contributed by atoms with Crippen molar-refractivity contribution < 1.29 is 9.53 Å². The van der Waals surface area contributed by atoms with E-state index in [0.29, 0.717) is 6.54 Å². The fraction of sp³-hybridized carbons (Fsp3) is 0.500. The highest BCUT2D eigenvalue weighted by molar-refractivity contribution is 5.82. The second kappa shape index (κ2) is 5.87. The Morgan fingerprint density at radius 3 is 2.61 bits per heavy atom. The Balaban J connectivity index is 2.83. The molecule has 1 aromatic rings. The number of ether oxygens (including phenoxy) is 1. The quantitative estimate of drug-likeness (QED) is 0.838. The number of amides is 1. The monoisotopic (exact) mass is 250 g/mol. The van der Waals surface area contributed by atoms with E-state index in [2.05, 4.69) is 5.32 Å². The van der Waals surface area contributed by atoms with E-state index in [1.807, 2.05) is 45.0 Å². The van der Waals surface area contributed by atoms with Crippen LogP contribution < -0.4 is 15.8 Å². The van der Waals surface area contributed by atoms with E-state index >= 15 is 0 Å². The molecule has 4 heteroatoms. The molecule has 0 saturated heterocycles. The van der Waals surface area contributed by atoms with Crippen molar-refractivity contribution in [3.8, 4) is 5.75 Å². The second-order valence-corrected chi connectivity index (χ2v) is 5.03. The molecule has 0 bridgehead atoms. The molecule has 3 N–H and O–H groups in total. The highest BCUT2D eigenvalue weighted by Gasteiger charge is 2.27. The largest absolute Gasteiger partial charge is 0.496 e. The van der Waals surface area contributed by atoms with E-state index in [-0.39, 0.29) is 11.9 Å². The first-order valence-corrected chi connectivity index (χ1v) is 6.06. The number of nitrogens with one attached hydrogen (secondary N) is 1. The van der Waals surface area contributed by atoms with E-state index in [0.717, 1.165) is 11.3 Å². The molecule has 1 rings (SSSR count). The van der Waals surface area contributed by atoms with E-state index in [9.17, 15) is 4.79 Å². The molecule has 1 amide bonds. The van der Waals surface area contributed by atoms with E-state index < -0.39 is 5.41 Å². The average Bonchev–Trinajstić information content (AvgIpc) is 2.38. The van der Waals surface area contributed by atoms with Crippen LogP contribution in [0.1, 0.15) is 32.4 Å². The molecule has 0 aromatic heterocycles. The van der Waals surface area contributed by atoms with Gasteiger partial charge in [0.15, 0.2) is 0 Å². The van der Waals surface area contributed by atoms with E-state index in [1.165, 1.54) is 0 Å². The van der Waals surface area contributed by atoms with Crippen molar-refractivity contribution >= 4 is 5.91 Å². The number of nitrogens with two attached hydrogens (primary N) is 1. The average molecular weight is 250 g/mol. The minimum absolute atomic E-state index is 0.0524. The summed E-state index contributed by atoms with van der Waals surface area (Å²) in [5.41, 5.74) is 5.99. The molecule has 0 unspecified atom stereocenters. The molecule has 4 nitrogen and oxygen atoms in total. The normalized spacial score (nSPS) is 12.9. The van der Waals surface area contributed by atoms with Crippen LogP contribution in [0.2, 0.25) is 0 Å². The van der Waals surface area contributed by atoms with Gasteiger partial charge < -0.3 is 15.8 Å². The first-order chi connectivity index (χ1) is 8.42. The van der Waals surface area contributed by atoms with Gasteiger partial charge in [-0.3, -0.25) is 4.79 Å². The van der Waals surface area contributed by atoms with Crippen molar-refractivity contribution in [3.63, 3.8) is 0 Å². The molecule has 100 valence electrons. The maximum atomic E-state index is 12.0. The lowest BCUT2D eigenvalue weighted by Crippen LogP contribution is -2.42. The summed E-state index contributed by atoms with van der Waals surface area (Å²) >= 11 is 0. The molecule has 0 aliphatic carbocycles. The molecule has 0 spiro atoms. The third-order valence-corrected chi connectivity index (χ3v) is 3.08. The summed E-state index contributed by atoms with van der Waals surface area (Å²) in [7, 11) is 1.62. The first kappa shape index (κ1) is 14.5. The predicted molar refractivity (Wildman–Crippen MR) is 72.4 cm³/mol. The molecule has 0 aliphatic rings. The smallest absolute Gasteiger partial charge is 0.227 e. The number of carbonyl (C=O) groups is 1. The summed E-state index contributed by atoms with van der Waals surface area (Å²) in [5.74, 6) is 0.722. The highest BCUT2D eigenvalue weighted by Crippen LogP contribution is 2.25. The van der Waals surface area contributed by atoms with Crippen molar-refractivity contribution in [3.05, 3.63) is 29.8 Å². The van der Waals surface area contributed by atoms with Crippen molar-refractivity contribution in [2.75, 3.05) is 13.7 Å². The number of methoxy groups -OCH3 is 1. The number of benzene rings is 1. The zero-order valence-corrected chi connectivity index (χ0v) is 11.5. The zero-order chi connectivity index (χ0) is 13.8. The third kappa shape index (κ3) is 3.23. The van der Waals surface area contributed by atoms with Crippen LogP contribution in [0.4, 0.5) is 0 Å². The first-order valence-electron chi connectivity index (χ1n) is 6.06. The summed E-state index contributed by atoms with van der Waals surface area (Å²) in [6.45, 7) is 5.91. The highest BCUT2D eigenvalue weighted by atomic mass is 16.5. The summed E-state index contributed by atoms with van der Waals surface area (Å²) in [6.07, 6.45) is 0. The molecule has 0 saturated carbocycles. The van der Waals surface area contributed by atoms with Crippen LogP contribution in [0.15, 0.2) is 24.3 Å². The van der Waals surface area contributed by atoms with Gasteiger partial charge in [0.1, 0.15) is 5.75 Å². The number of para-hydroxylation sites is 1. The van der Waals surface area contributed by atoms with Gasteiger partial charge in [-0.15, -0.1) is 0 Å². The van der Waals surface area contributed by atoms with Gasteiger partial charge in [-0.25, -0.2) is 0 Å². The molecular formula is C14H22N2O2. The van der Waals surface area contributed by atoms with Crippen LogP contribution in [0.25, 0.3) is 0 Å². The minimum Gasteiger partial charge on any atom is -0.496 e. The van der Waals surface area contributed by atoms with Crippen molar-refractivity contribution in [2.24, 2.45) is 11.1 Å². The van der Waals surface area contributed by atoms with Gasteiger partial charge in [0.2, 0.25) is 5.91 Å². The fourth-order valence-electron chi connectivity index (χ4n) is 1.59. The fourth-order valence-corrected chi connectivity index (χ4v) is 1.59. The summed E-state index contributed by atoms with van der Waals surface area (Å²) in [6, 6.07) is 7.54. The van der Waals surface area contributed by atoms with Crippen LogP contribution >= 0.6 is 0 Å². The summed E-state index contributed by atoms with van der Waals surface area (Å²) in [5, 5.41) is 2.96. The van der Waals surface area contributed by atoms with Crippen LogP contribution in [-0.4, -0.2) is 19.6 Å². The van der Waals surface area contributed by atoms with E-state index in [1.54, 1.807) is 7.11 Å². The van der Waals surface area contributed by atoms with Crippen molar-refractivity contribution in [2.45, 2.75) is 26.8 Å². The van der Waals surface area contributed by atoms with Crippen LogP contribution in [0.3, 0.4) is 0 Å². The van der Waals surface area contributed by atoms with Crippen molar-refractivity contribution in [1.29, 1.82) is 0 Å². The number of hydrogen-bond acceptors (Lipinski definition) is 3. The Morgan fingerprint density at radius 1 is 1.44 bits per heavy atom. The Kier molecular flexibility index (Phi) is 4.73. The third-order valence-electron chi connectivity index (χ3n) is 3.08. The van der Waals surface area contributed by atoms with Gasteiger partial charge >= 0.3 is 0 Å². The molecule has 0 heterocycles. The van der Waals surface area contributed by atoms with Gasteiger partial charge in [-0.05, 0) is 26.8 Å². The van der Waals surface area contributed by atoms with Gasteiger partial charge in [0, 0.05) is 12.1 Å². The van der Waals surface area contributed by atoms with Gasteiger partial charge in [0.05, 0.1) is 18.6 Å². The lowest BCUT2D eigenvalue weighted by molar-refractivity contribution is -0.129. The summed E-state index contributed by atoms with van der Waals surface area (Å²) in [4.78, 5) is 12.0. The topological polar surface area (TPSA) is 64.3 Å². The molecule has 0 radical (unpaired) electrons. The number of rotatable bonds is 5. The lowest BCUT2D eigenvalue weighted by atomic mass is 9.92. The maximum absolute atomic E-state index is 12.0. The Morgan fingerprint density at radius 2 is 2.06 bits per heavy atom. The SMILES string of the molecule is COc1ccccc1[C@@H](C)NC(=O)C(C)(C)CN. The maximum Gasteiger partial charge on any atom is 0.227 e.